The van der Waals surface area contributed by atoms with Crippen LogP contribution in [0, 0.1) is 0 Å². The normalized spacial score (nSPS) is 15.5. The first-order valence-corrected chi connectivity index (χ1v) is 9.39. The maximum Gasteiger partial charge on any atom is 0.229 e. The van der Waals surface area contributed by atoms with E-state index >= 15 is 0 Å². The van der Waals surface area contributed by atoms with Gasteiger partial charge in [-0.1, -0.05) is 18.2 Å². The summed E-state index contributed by atoms with van der Waals surface area (Å²) in [6.45, 7) is 3.66. The maximum absolute atomic E-state index is 11.2. The van der Waals surface area contributed by atoms with E-state index < -0.39 is 10.0 Å². The van der Waals surface area contributed by atoms with E-state index in [2.05, 4.69) is 43.8 Å². The Hall–Kier alpha value is -2.28. The van der Waals surface area contributed by atoms with Crippen molar-refractivity contribution in [2.75, 3.05) is 47.0 Å². The lowest BCUT2D eigenvalue weighted by Gasteiger charge is -2.36. The minimum Gasteiger partial charge on any atom is -0.368 e. The zero-order valence-electron chi connectivity index (χ0n) is 13.0. The van der Waals surface area contributed by atoms with Crippen LogP contribution in [-0.2, 0) is 10.0 Å². The number of nitrogens with zero attached hydrogens (tertiary/aromatic N) is 3. The molecule has 7 heteroatoms. The number of pyridine rings is 1. The average molecular weight is 332 g/mol. The molecule has 0 atom stereocenters. The Bertz CT molecular complexity index is 739. The molecule has 1 aliphatic rings. The van der Waals surface area contributed by atoms with E-state index in [1.807, 2.05) is 12.1 Å². The van der Waals surface area contributed by atoms with E-state index in [1.165, 1.54) is 5.69 Å². The second kappa shape index (κ2) is 6.45. The third-order valence-corrected chi connectivity index (χ3v) is 4.38. The van der Waals surface area contributed by atoms with Crippen LogP contribution in [0.2, 0.25) is 0 Å². The van der Waals surface area contributed by atoms with Crippen molar-refractivity contribution in [1.29, 1.82) is 0 Å². The Morgan fingerprint density at radius 1 is 0.957 bits per heavy atom. The first-order valence-electron chi connectivity index (χ1n) is 7.50. The number of para-hydroxylation sites is 1. The topological polar surface area (TPSA) is 65.5 Å². The molecule has 3 rings (SSSR count). The molecule has 0 radical (unpaired) electrons. The summed E-state index contributed by atoms with van der Waals surface area (Å²) in [5.74, 6) is 0.872. The first kappa shape index (κ1) is 15.6. The van der Waals surface area contributed by atoms with Gasteiger partial charge in [0.05, 0.1) is 18.1 Å². The average Bonchev–Trinajstić information content (AvgIpc) is 2.55. The quantitative estimate of drug-likeness (QED) is 0.924. The van der Waals surface area contributed by atoms with Crippen LogP contribution in [0.4, 0.5) is 17.2 Å². The predicted molar refractivity (Wildman–Crippen MR) is 93.6 cm³/mol. The third kappa shape index (κ3) is 4.13. The SMILES string of the molecule is CS(=O)(=O)Nc1ccc(N2CCN(c3ccccc3)CC2)nc1. The van der Waals surface area contributed by atoms with Crippen LogP contribution in [0.25, 0.3) is 0 Å². The number of benzene rings is 1. The van der Waals surface area contributed by atoms with Crippen molar-refractivity contribution >= 4 is 27.2 Å². The van der Waals surface area contributed by atoms with Gasteiger partial charge in [0.1, 0.15) is 5.82 Å². The molecule has 1 aliphatic heterocycles. The Morgan fingerprint density at radius 3 is 2.17 bits per heavy atom. The minimum absolute atomic E-state index is 0.485. The number of rotatable bonds is 4. The van der Waals surface area contributed by atoms with E-state index in [4.69, 9.17) is 0 Å². The zero-order valence-corrected chi connectivity index (χ0v) is 13.8. The summed E-state index contributed by atoms with van der Waals surface area (Å²) in [6, 6.07) is 14.0. The van der Waals surface area contributed by atoms with Gasteiger partial charge in [0.15, 0.2) is 0 Å². The highest BCUT2D eigenvalue weighted by Gasteiger charge is 2.18. The molecular formula is C16H20N4O2S. The fourth-order valence-electron chi connectivity index (χ4n) is 2.68. The second-order valence-electron chi connectivity index (χ2n) is 5.59. The lowest BCUT2D eigenvalue weighted by Crippen LogP contribution is -2.46. The molecule has 0 amide bonds. The molecule has 0 aliphatic carbocycles. The summed E-state index contributed by atoms with van der Waals surface area (Å²) in [5, 5.41) is 0. The Labute approximate surface area is 136 Å². The summed E-state index contributed by atoms with van der Waals surface area (Å²) < 4.78 is 24.8. The standard InChI is InChI=1S/C16H20N4O2S/c1-23(21,22)18-14-7-8-16(17-13-14)20-11-9-19(10-12-20)15-5-3-2-4-6-15/h2-8,13,18H,9-12H2,1H3. The molecular weight excluding hydrogens is 312 g/mol. The van der Waals surface area contributed by atoms with Gasteiger partial charge in [0, 0.05) is 31.9 Å². The number of sulfonamides is 1. The summed E-state index contributed by atoms with van der Waals surface area (Å²) in [4.78, 5) is 8.93. The van der Waals surface area contributed by atoms with Gasteiger partial charge in [-0.25, -0.2) is 13.4 Å². The number of hydrogen-bond acceptors (Lipinski definition) is 5. The van der Waals surface area contributed by atoms with Crippen LogP contribution >= 0.6 is 0 Å². The molecule has 1 aromatic heterocycles. The van der Waals surface area contributed by atoms with Crippen LogP contribution in [-0.4, -0.2) is 45.8 Å². The van der Waals surface area contributed by atoms with Crippen molar-refractivity contribution < 1.29 is 8.42 Å². The number of anilines is 3. The van der Waals surface area contributed by atoms with Crippen LogP contribution in [0.1, 0.15) is 0 Å². The van der Waals surface area contributed by atoms with Gasteiger partial charge in [-0.05, 0) is 24.3 Å². The molecule has 1 N–H and O–H groups in total. The molecule has 0 unspecified atom stereocenters. The zero-order chi connectivity index (χ0) is 16.3. The molecule has 2 heterocycles. The molecule has 6 nitrogen and oxygen atoms in total. The van der Waals surface area contributed by atoms with Crippen molar-refractivity contribution in [1.82, 2.24) is 4.98 Å². The van der Waals surface area contributed by atoms with Gasteiger partial charge in [-0.3, -0.25) is 4.72 Å². The molecule has 1 aromatic carbocycles. The van der Waals surface area contributed by atoms with Crippen molar-refractivity contribution in [2.24, 2.45) is 0 Å². The second-order valence-corrected chi connectivity index (χ2v) is 7.34. The van der Waals surface area contributed by atoms with Gasteiger partial charge in [0.2, 0.25) is 10.0 Å². The maximum atomic E-state index is 11.2. The lowest BCUT2D eigenvalue weighted by atomic mass is 10.2. The molecule has 0 bridgehead atoms. The van der Waals surface area contributed by atoms with Crippen molar-refractivity contribution in [3.8, 4) is 0 Å². The van der Waals surface area contributed by atoms with Gasteiger partial charge < -0.3 is 9.80 Å². The summed E-state index contributed by atoms with van der Waals surface area (Å²) in [7, 11) is -3.26. The minimum atomic E-state index is -3.26. The van der Waals surface area contributed by atoms with E-state index in [0.29, 0.717) is 5.69 Å². The van der Waals surface area contributed by atoms with E-state index in [-0.39, 0.29) is 0 Å². The smallest absolute Gasteiger partial charge is 0.229 e. The highest BCUT2D eigenvalue weighted by atomic mass is 32.2. The molecule has 1 fully saturated rings. The number of nitrogens with one attached hydrogen (secondary N) is 1. The molecule has 0 saturated carbocycles. The molecule has 23 heavy (non-hydrogen) atoms. The molecule has 2 aromatic rings. The summed E-state index contributed by atoms with van der Waals surface area (Å²) >= 11 is 0. The fourth-order valence-corrected chi connectivity index (χ4v) is 3.23. The van der Waals surface area contributed by atoms with Gasteiger partial charge in [-0.2, -0.15) is 0 Å². The lowest BCUT2D eigenvalue weighted by molar-refractivity contribution is 0.607. The number of piperazine rings is 1. The van der Waals surface area contributed by atoms with Crippen molar-refractivity contribution in [2.45, 2.75) is 0 Å². The van der Waals surface area contributed by atoms with Crippen molar-refractivity contribution in [3.05, 3.63) is 48.7 Å². The van der Waals surface area contributed by atoms with Crippen molar-refractivity contribution in [3.63, 3.8) is 0 Å². The molecule has 0 spiro atoms. The fraction of sp³-hybridized carbons (Fsp3) is 0.312. The summed E-state index contributed by atoms with van der Waals surface area (Å²) in [6.07, 6.45) is 2.68. The van der Waals surface area contributed by atoms with E-state index in [9.17, 15) is 8.42 Å². The monoisotopic (exact) mass is 332 g/mol. The number of hydrogen-bond donors (Lipinski definition) is 1. The first-order chi connectivity index (χ1) is 11.0. The Balaban J connectivity index is 1.61. The third-order valence-electron chi connectivity index (χ3n) is 3.78. The van der Waals surface area contributed by atoms with Gasteiger partial charge >= 0.3 is 0 Å². The Morgan fingerprint density at radius 2 is 1.61 bits per heavy atom. The molecule has 122 valence electrons. The summed E-state index contributed by atoms with van der Waals surface area (Å²) in [5.41, 5.74) is 1.73. The van der Waals surface area contributed by atoms with Crippen LogP contribution < -0.4 is 14.5 Å². The highest BCUT2D eigenvalue weighted by Crippen LogP contribution is 2.20. The largest absolute Gasteiger partial charge is 0.368 e. The number of aromatic nitrogens is 1. The Kier molecular flexibility index (Phi) is 4.38. The van der Waals surface area contributed by atoms with Crippen LogP contribution in [0.15, 0.2) is 48.7 Å². The van der Waals surface area contributed by atoms with Gasteiger partial charge in [0.25, 0.3) is 0 Å². The highest BCUT2D eigenvalue weighted by molar-refractivity contribution is 7.92. The van der Waals surface area contributed by atoms with Crippen LogP contribution in [0.3, 0.4) is 0 Å². The molecule has 1 saturated heterocycles. The van der Waals surface area contributed by atoms with Crippen LogP contribution in [0.5, 0.6) is 0 Å². The van der Waals surface area contributed by atoms with E-state index in [0.717, 1.165) is 38.3 Å². The predicted octanol–water partition coefficient (Wildman–Crippen LogP) is 1.78. The van der Waals surface area contributed by atoms with Gasteiger partial charge in [-0.15, -0.1) is 0 Å². The van der Waals surface area contributed by atoms with E-state index in [1.54, 1.807) is 12.3 Å².